The lowest BCUT2D eigenvalue weighted by atomic mass is 10.2. The average Bonchev–Trinajstić information content (AvgIpc) is 3.05. The number of nitrogens with one attached hydrogen (secondary N) is 2. The number of amides is 2. The number of nitrogens with zero attached hydrogens (tertiary/aromatic N) is 2. The molecule has 2 N–H and O–H groups in total. The molecule has 4 rings (SSSR count). The van der Waals surface area contributed by atoms with Gasteiger partial charge in [-0.1, -0.05) is 6.42 Å². The second-order valence-electron chi connectivity index (χ2n) is 7.50. The first kappa shape index (κ1) is 21.4. The van der Waals surface area contributed by atoms with E-state index in [1.54, 1.807) is 41.0 Å². The molecule has 1 aliphatic heterocycles. The van der Waals surface area contributed by atoms with Crippen molar-refractivity contribution in [2.45, 2.75) is 32.2 Å². The smallest absolute Gasteiger partial charge is 0.314 e. The first-order chi connectivity index (χ1) is 15.5. The van der Waals surface area contributed by atoms with Crippen molar-refractivity contribution in [3.63, 3.8) is 0 Å². The summed E-state index contributed by atoms with van der Waals surface area (Å²) in [6.45, 7) is 0.639. The molecule has 0 bridgehead atoms. The summed E-state index contributed by atoms with van der Waals surface area (Å²) in [5.74, 6) is -0.0331. The van der Waals surface area contributed by atoms with E-state index in [-0.39, 0.29) is 5.56 Å². The molecule has 2 heterocycles. The van der Waals surface area contributed by atoms with Crippen molar-refractivity contribution in [3.8, 4) is 11.5 Å². The summed E-state index contributed by atoms with van der Waals surface area (Å²) in [5.41, 5.74) is 1.12. The van der Waals surface area contributed by atoms with E-state index in [9.17, 15) is 14.4 Å². The molecule has 1 aliphatic rings. The van der Waals surface area contributed by atoms with Gasteiger partial charge in [-0.3, -0.25) is 19.0 Å². The maximum atomic E-state index is 13.0. The Labute approximate surface area is 184 Å². The van der Waals surface area contributed by atoms with Crippen LogP contribution in [0.15, 0.2) is 41.2 Å². The van der Waals surface area contributed by atoms with E-state index in [2.05, 4.69) is 15.6 Å². The van der Waals surface area contributed by atoms with Crippen LogP contribution in [0.3, 0.4) is 0 Å². The van der Waals surface area contributed by atoms with Crippen LogP contribution in [-0.4, -0.2) is 35.6 Å². The van der Waals surface area contributed by atoms with Crippen LogP contribution in [0.5, 0.6) is 11.5 Å². The van der Waals surface area contributed by atoms with Gasteiger partial charge in [-0.25, -0.2) is 4.98 Å². The summed E-state index contributed by atoms with van der Waals surface area (Å²) < 4.78 is 12.1. The Hall–Kier alpha value is -3.88. The van der Waals surface area contributed by atoms with Crippen LogP contribution in [0.1, 0.15) is 25.1 Å². The van der Waals surface area contributed by atoms with E-state index < -0.39 is 11.8 Å². The zero-order valence-electron chi connectivity index (χ0n) is 17.9. The summed E-state index contributed by atoms with van der Waals surface area (Å²) in [5, 5.41) is 5.47. The molecular formula is C23H24N4O5. The van der Waals surface area contributed by atoms with Crippen LogP contribution in [-0.2, 0) is 22.6 Å². The molecule has 0 atom stereocenters. The summed E-state index contributed by atoms with van der Waals surface area (Å²) in [6, 6.07) is 9.69. The van der Waals surface area contributed by atoms with Gasteiger partial charge < -0.3 is 20.1 Å². The van der Waals surface area contributed by atoms with Crippen molar-refractivity contribution in [3.05, 3.63) is 52.6 Å². The predicted molar refractivity (Wildman–Crippen MR) is 120 cm³/mol. The normalized spacial score (nSPS) is 13.1. The van der Waals surface area contributed by atoms with Crippen LogP contribution in [0.25, 0.3) is 10.9 Å². The third kappa shape index (κ3) is 4.27. The number of rotatable bonds is 4. The fourth-order valence-corrected chi connectivity index (χ4v) is 3.76. The SMILES string of the molecule is COc1ccc(NC(=O)C(=O)Nc2ccc3nc4n(c(=O)c3c2)CCCCC4)c(OC)c1. The number of carbonyl (C=O) groups is 2. The van der Waals surface area contributed by atoms with Gasteiger partial charge in [0, 0.05) is 24.7 Å². The number of fused-ring (bicyclic) bond motifs is 2. The Morgan fingerprint density at radius 3 is 2.56 bits per heavy atom. The fourth-order valence-electron chi connectivity index (χ4n) is 3.76. The topological polar surface area (TPSA) is 112 Å². The Bertz CT molecular complexity index is 1250. The molecular weight excluding hydrogens is 412 g/mol. The largest absolute Gasteiger partial charge is 0.497 e. The third-order valence-corrected chi connectivity index (χ3v) is 5.44. The minimum absolute atomic E-state index is 0.129. The predicted octanol–water partition coefficient (Wildman–Crippen LogP) is 2.72. The van der Waals surface area contributed by atoms with Gasteiger partial charge >= 0.3 is 11.8 Å². The van der Waals surface area contributed by atoms with Crippen molar-refractivity contribution in [1.82, 2.24) is 9.55 Å². The van der Waals surface area contributed by atoms with E-state index in [1.807, 2.05) is 0 Å². The van der Waals surface area contributed by atoms with Gasteiger partial charge in [-0.15, -0.1) is 0 Å². The minimum atomic E-state index is -0.870. The second-order valence-corrected chi connectivity index (χ2v) is 7.50. The molecule has 32 heavy (non-hydrogen) atoms. The molecule has 9 nitrogen and oxygen atoms in total. The number of carbonyl (C=O) groups excluding carboxylic acids is 2. The molecule has 3 aromatic rings. The number of benzene rings is 2. The van der Waals surface area contributed by atoms with E-state index in [1.165, 1.54) is 14.2 Å². The van der Waals surface area contributed by atoms with E-state index >= 15 is 0 Å². The maximum absolute atomic E-state index is 13.0. The molecule has 0 aliphatic carbocycles. The van der Waals surface area contributed by atoms with Gasteiger partial charge in [0.05, 0.1) is 30.8 Å². The third-order valence-electron chi connectivity index (χ3n) is 5.44. The monoisotopic (exact) mass is 436 g/mol. The Kier molecular flexibility index (Phi) is 6.07. The van der Waals surface area contributed by atoms with Crippen molar-refractivity contribution in [1.29, 1.82) is 0 Å². The van der Waals surface area contributed by atoms with Crippen molar-refractivity contribution < 1.29 is 19.1 Å². The maximum Gasteiger partial charge on any atom is 0.314 e. The summed E-state index contributed by atoms with van der Waals surface area (Å²) in [6.07, 6.45) is 3.79. The number of aromatic nitrogens is 2. The molecule has 0 radical (unpaired) electrons. The lowest BCUT2D eigenvalue weighted by Crippen LogP contribution is -2.29. The molecule has 0 saturated carbocycles. The zero-order chi connectivity index (χ0) is 22.7. The zero-order valence-corrected chi connectivity index (χ0v) is 17.9. The van der Waals surface area contributed by atoms with Crippen LogP contribution in [0.2, 0.25) is 0 Å². The van der Waals surface area contributed by atoms with Gasteiger partial charge in [-0.2, -0.15) is 0 Å². The van der Waals surface area contributed by atoms with Crippen LogP contribution < -0.4 is 25.7 Å². The number of methoxy groups -OCH3 is 2. The molecule has 1 aromatic heterocycles. The van der Waals surface area contributed by atoms with Gasteiger partial charge in [-0.05, 0) is 43.2 Å². The second kappa shape index (κ2) is 9.09. The standard InChI is InChI=1S/C23H24N4O5/c1-31-15-8-10-18(19(13-15)32-2)26-22(29)21(28)24-14-7-9-17-16(12-14)23(30)27-11-5-3-4-6-20(27)25-17/h7-10,12-13H,3-6,11H2,1-2H3,(H,24,28)(H,26,29). The number of ether oxygens (including phenoxy) is 2. The van der Waals surface area contributed by atoms with E-state index in [4.69, 9.17) is 9.47 Å². The highest BCUT2D eigenvalue weighted by molar-refractivity contribution is 6.43. The minimum Gasteiger partial charge on any atom is -0.497 e. The highest BCUT2D eigenvalue weighted by Gasteiger charge is 2.18. The molecule has 2 aromatic carbocycles. The molecule has 2 amide bonds. The molecule has 0 saturated heterocycles. The van der Waals surface area contributed by atoms with Gasteiger partial charge in [0.2, 0.25) is 0 Å². The quantitative estimate of drug-likeness (QED) is 0.609. The summed E-state index contributed by atoms with van der Waals surface area (Å²) in [7, 11) is 2.97. The number of hydrogen-bond acceptors (Lipinski definition) is 6. The molecule has 166 valence electrons. The van der Waals surface area contributed by atoms with Crippen molar-refractivity contribution in [2.75, 3.05) is 24.9 Å². The lowest BCUT2D eigenvalue weighted by Gasteiger charge is -2.12. The van der Waals surface area contributed by atoms with Crippen LogP contribution >= 0.6 is 0 Å². The van der Waals surface area contributed by atoms with Crippen LogP contribution in [0, 0.1) is 0 Å². The molecule has 9 heteroatoms. The number of hydrogen-bond donors (Lipinski definition) is 2. The molecule has 0 spiro atoms. The summed E-state index contributed by atoms with van der Waals surface area (Å²) >= 11 is 0. The Morgan fingerprint density at radius 1 is 0.969 bits per heavy atom. The first-order valence-electron chi connectivity index (χ1n) is 10.4. The van der Waals surface area contributed by atoms with Crippen LogP contribution in [0.4, 0.5) is 11.4 Å². The van der Waals surface area contributed by atoms with Gasteiger partial charge in [0.1, 0.15) is 17.3 Å². The van der Waals surface area contributed by atoms with E-state index in [0.29, 0.717) is 40.3 Å². The number of anilines is 2. The van der Waals surface area contributed by atoms with E-state index in [0.717, 1.165) is 31.5 Å². The fraction of sp³-hybridized carbons (Fsp3) is 0.304. The molecule has 0 unspecified atom stereocenters. The number of aryl methyl sites for hydroxylation is 1. The Morgan fingerprint density at radius 2 is 1.78 bits per heavy atom. The van der Waals surface area contributed by atoms with Gasteiger partial charge in [0.15, 0.2) is 0 Å². The highest BCUT2D eigenvalue weighted by atomic mass is 16.5. The first-order valence-corrected chi connectivity index (χ1v) is 10.4. The lowest BCUT2D eigenvalue weighted by molar-refractivity contribution is -0.133. The average molecular weight is 436 g/mol. The Balaban J connectivity index is 1.54. The van der Waals surface area contributed by atoms with Crippen molar-refractivity contribution in [2.24, 2.45) is 0 Å². The molecule has 0 fully saturated rings. The van der Waals surface area contributed by atoms with Gasteiger partial charge in [0.25, 0.3) is 5.56 Å². The van der Waals surface area contributed by atoms with Crippen molar-refractivity contribution >= 4 is 34.1 Å². The summed E-state index contributed by atoms with van der Waals surface area (Å²) in [4.78, 5) is 42.5. The highest BCUT2D eigenvalue weighted by Crippen LogP contribution is 2.29.